The molecule has 0 unspecified atom stereocenters. The molecule has 26 heavy (non-hydrogen) atoms. The summed E-state index contributed by atoms with van der Waals surface area (Å²) in [6, 6.07) is 11.1. The fourth-order valence-electron chi connectivity index (χ4n) is 2.37. The third kappa shape index (κ3) is 3.78. The van der Waals surface area contributed by atoms with Gasteiger partial charge in [0.1, 0.15) is 11.3 Å². The Balaban J connectivity index is 1.91. The molecule has 3 rings (SSSR count). The highest BCUT2D eigenvalue weighted by molar-refractivity contribution is 9.11. The fourth-order valence-corrected chi connectivity index (χ4v) is 3.71. The lowest BCUT2D eigenvalue weighted by Gasteiger charge is -2.06. The summed E-state index contributed by atoms with van der Waals surface area (Å²) in [5.41, 5.74) is -0.121. The van der Waals surface area contributed by atoms with Gasteiger partial charge in [-0.3, -0.25) is 4.79 Å². The summed E-state index contributed by atoms with van der Waals surface area (Å²) >= 11 is 6.66. The average Bonchev–Trinajstić information content (AvgIpc) is 2.61. The Bertz CT molecular complexity index is 1070. The van der Waals surface area contributed by atoms with Gasteiger partial charge in [0.2, 0.25) is 0 Å². The van der Waals surface area contributed by atoms with Crippen LogP contribution in [-0.2, 0) is 0 Å². The Hall–Kier alpha value is -2.25. The van der Waals surface area contributed by atoms with E-state index in [0.29, 0.717) is 27.4 Å². The molecule has 1 heterocycles. The number of hydrogen-bond acceptors (Lipinski definition) is 5. The summed E-state index contributed by atoms with van der Waals surface area (Å²) in [6.07, 6.45) is 0.391. The normalized spacial score (nSPS) is 10.7. The van der Waals surface area contributed by atoms with Crippen molar-refractivity contribution < 1.29 is 18.7 Å². The van der Waals surface area contributed by atoms with E-state index in [1.165, 1.54) is 18.2 Å². The topological polar surface area (TPSA) is 73.6 Å². The predicted molar refractivity (Wildman–Crippen MR) is 104 cm³/mol. The lowest BCUT2D eigenvalue weighted by atomic mass is 10.1. The lowest BCUT2D eigenvalue weighted by Crippen LogP contribution is -2.18. The monoisotopic (exact) mass is 478 g/mol. The van der Waals surface area contributed by atoms with E-state index in [0.717, 1.165) is 4.47 Å². The molecule has 0 aliphatic rings. The molecule has 132 valence electrons. The minimum Gasteiger partial charge on any atom is -0.423 e. The smallest absolute Gasteiger partial charge is 0.351 e. The van der Waals surface area contributed by atoms with Crippen molar-refractivity contribution in [1.29, 1.82) is 0 Å². The number of carbonyl (C=O) groups is 2. The van der Waals surface area contributed by atoms with E-state index >= 15 is 0 Å². The van der Waals surface area contributed by atoms with Gasteiger partial charge in [-0.1, -0.05) is 22.9 Å². The number of rotatable bonds is 4. The Morgan fingerprint density at radius 3 is 2.42 bits per heavy atom. The average molecular weight is 480 g/mol. The maximum Gasteiger partial charge on any atom is 0.351 e. The van der Waals surface area contributed by atoms with Crippen molar-refractivity contribution in [2.45, 2.75) is 13.3 Å². The quantitative estimate of drug-likeness (QED) is 0.224. The first-order valence-electron chi connectivity index (χ1n) is 7.67. The van der Waals surface area contributed by atoms with Gasteiger partial charge in [-0.25, -0.2) is 9.59 Å². The number of hydrogen-bond donors (Lipinski definition) is 0. The van der Waals surface area contributed by atoms with Gasteiger partial charge in [-0.2, -0.15) is 0 Å². The van der Waals surface area contributed by atoms with Crippen LogP contribution in [0, 0.1) is 0 Å². The highest BCUT2D eigenvalue weighted by Crippen LogP contribution is 2.28. The van der Waals surface area contributed by atoms with E-state index in [2.05, 4.69) is 31.9 Å². The molecule has 0 spiro atoms. The minimum absolute atomic E-state index is 0.00537. The first-order valence-corrected chi connectivity index (χ1v) is 9.26. The maximum atomic E-state index is 12.4. The van der Waals surface area contributed by atoms with E-state index in [1.54, 1.807) is 31.2 Å². The van der Waals surface area contributed by atoms with Gasteiger partial charge in [0.25, 0.3) is 0 Å². The first kappa shape index (κ1) is 18.5. The van der Waals surface area contributed by atoms with Crippen LogP contribution >= 0.6 is 31.9 Å². The third-order valence-corrected chi connectivity index (χ3v) is 4.73. The van der Waals surface area contributed by atoms with Gasteiger partial charge in [0, 0.05) is 21.8 Å². The van der Waals surface area contributed by atoms with Crippen molar-refractivity contribution in [3.8, 4) is 5.75 Å². The molecule has 0 saturated heterocycles. The van der Waals surface area contributed by atoms with Crippen molar-refractivity contribution in [2.24, 2.45) is 0 Å². The van der Waals surface area contributed by atoms with Crippen LogP contribution in [-0.4, -0.2) is 11.8 Å². The molecule has 1 aromatic heterocycles. The van der Waals surface area contributed by atoms with Crippen molar-refractivity contribution in [3.05, 3.63) is 73.0 Å². The van der Waals surface area contributed by atoms with Crippen LogP contribution in [0.3, 0.4) is 0 Å². The van der Waals surface area contributed by atoms with Crippen molar-refractivity contribution >= 4 is 54.6 Å². The zero-order chi connectivity index (χ0) is 18.8. The highest BCUT2D eigenvalue weighted by Gasteiger charge is 2.17. The van der Waals surface area contributed by atoms with Gasteiger partial charge >= 0.3 is 11.6 Å². The van der Waals surface area contributed by atoms with E-state index < -0.39 is 11.6 Å². The molecule has 0 aliphatic heterocycles. The number of Topliss-reactive ketones (excluding diaryl/α,β-unsaturated/α-hetero) is 1. The molecule has 0 fully saturated rings. The number of esters is 1. The Morgan fingerprint density at radius 2 is 1.77 bits per heavy atom. The van der Waals surface area contributed by atoms with Gasteiger partial charge in [0.15, 0.2) is 11.4 Å². The summed E-state index contributed by atoms with van der Waals surface area (Å²) in [6.45, 7) is 1.77. The standard InChI is InChI=1S/C19H12Br2O5/c1-2-16(22)10-3-5-13(6-4-10)25-18(23)14-8-11-7-12(20)9-15(21)17(11)26-19(14)24/h3-9H,2H2,1H3. The number of carbonyl (C=O) groups excluding carboxylic acids is 2. The van der Waals surface area contributed by atoms with Gasteiger partial charge in [-0.15, -0.1) is 0 Å². The Kier molecular flexibility index (Phi) is 5.38. The molecule has 2 aromatic carbocycles. The number of halogens is 2. The molecule has 0 N–H and O–H groups in total. The van der Waals surface area contributed by atoms with Crippen molar-refractivity contribution in [2.75, 3.05) is 0 Å². The second-order valence-electron chi connectivity index (χ2n) is 5.44. The van der Waals surface area contributed by atoms with Crippen LogP contribution in [0.1, 0.15) is 34.1 Å². The molecule has 3 aromatic rings. The van der Waals surface area contributed by atoms with Crippen LogP contribution in [0.5, 0.6) is 5.75 Å². The maximum absolute atomic E-state index is 12.4. The zero-order valence-corrected chi connectivity index (χ0v) is 16.7. The summed E-state index contributed by atoms with van der Waals surface area (Å²) in [4.78, 5) is 36.1. The predicted octanol–water partition coefficient (Wildman–Crippen LogP) is 5.13. The fraction of sp³-hybridized carbons (Fsp3) is 0.105. The van der Waals surface area contributed by atoms with Crippen LogP contribution in [0.25, 0.3) is 11.0 Å². The molecule has 0 radical (unpaired) electrons. The highest BCUT2D eigenvalue weighted by atomic mass is 79.9. The molecule has 0 amide bonds. The molecule has 7 heteroatoms. The molecule has 0 bridgehead atoms. The molecular formula is C19H12Br2O5. The number of ether oxygens (including phenoxy) is 1. The number of fused-ring (bicyclic) bond motifs is 1. The largest absolute Gasteiger partial charge is 0.423 e. The van der Waals surface area contributed by atoms with Gasteiger partial charge in [0.05, 0.1) is 4.47 Å². The third-order valence-electron chi connectivity index (χ3n) is 3.68. The van der Waals surface area contributed by atoms with Crippen LogP contribution < -0.4 is 10.4 Å². The van der Waals surface area contributed by atoms with E-state index in [9.17, 15) is 14.4 Å². The van der Waals surface area contributed by atoms with E-state index in [-0.39, 0.29) is 17.1 Å². The SMILES string of the molecule is CCC(=O)c1ccc(OC(=O)c2cc3cc(Br)cc(Br)c3oc2=O)cc1. The molecular weight excluding hydrogens is 468 g/mol. The molecule has 0 aliphatic carbocycles. The second kappa shape index (κ2) is 7.55. The number of benzene rings is 2. The van der Waals surface area contributed by atoms with Crippen molar-refractivity contribution in [1.82, 2.24) is 0 Å². The minimum atomic E-state index is -0.827. The summed E-state index contributed by atoms with van der Waals surface area (Å²) in [7, 11) is 0. The summed E-state index contributed by atoms with van der Waals surface area (Å²) in [5.74, 6) is -0.599. The van der Waals surface area contributed by atoms with Gasteiger partial charge in [-0.05, 0) is 58.4 Å². The second-order valence-corrected chi connectivity index (χ2v) is 7.21. The Morgan fingerprint density at radius 1 is 1.08 bits per heavy atom. The van der Waals surface area contributed by atoms with E-state index in [4.69, 9.17) is 9.15 Å². The molecule has 0 atom stereocenters. The number of ketones is 1. The van der Waals surface area contributed by atoms with Crippen LogP contribution in [0.4, 0.5) is 0 Å². The molecule has 0 saturated carbocycles. The zero-order valence-electron chi connectivity index (χ0n) is 13.5. The Labute approximate surface area is 165 Å². The lowest BCUT2D eigenvalue weighted by molar-refractivity contribution is 0.0730. The van der Waals surface area contributed by atoms with Crippen LogP contribution in [0.2, 0.25) is 0 Å². The van der Waals surface area contributed by atoms with E-state index in [1.807, 2.05) is 0 Å². The summed E-state index contributed by atoms with van der Waals surface area (Å²) in [5, 5.41) is 0.571. The van der Waals surface area contributed by atoms with Gasteiger partial charge < -0.3 is 9.15 Å². The van der Waals surface area contributed by atoms with Crippen molar-refractivity contribution in [3.63, 3.8) is 0 Å². The first-order chi connectivity index (χ1) is 12.4. The van der Waals surface area contributed by atoms with Crippen LogP contribution in [0.15, 0.2) is 60.6 Å². The molecule has 5 nitrogen and oxygen atoms in total. The summed E-state index contributed by atoms with van der Waals surface area (Å²) < 4.78 is 11.8.